The first-order valence-electron chi connectivity index (χ1n) is 5.04. The molecule has 88 valence electrons. The second kappa shape index (κ2) is 4.47. The highest BCUT2D eigenvalue weighted by molar-refractivity contribution is 9.10. The van der Waals surface area contributed by atoms with Gasteiger partial charge in [-0.2, -0.15) is 0 Å². The van der Waals surface area contributed by atoms with Gasteiger partial charge in [0.25, 0.3) is 0 Å². The summed E-state index contributed by atoms with van der Waals surface area (Å²) in [5, 5.41) is 0.437. The van der Waals surface area contributed by atoms with Crippen molar-refractivity contribution in [2.24, 2.45) is 0 Å². The third-order valence-corrected chi connectivity index (χ3v) is 3.87. The maximum atomic E-state index is 5.97. The van der Waals surface area contributed by atoms with Gasteiger partial charge in [0.1, 0.15) is 17.3 Å². The lowest BCUT2D eigenvalue weighted by Crippen LogP contribution is -2.53. The van der Waals surface area contributed by atoms with E-state index in [0.717, 1.165) is 16.8 Å². The van der Waals surface area contributed by atoms with Crippen molar-refractivity contribution in [2.75, 3.05) is 24.7 Å². The summed E-state index contributed by atoms with van der Waals surface area (Å²) in [6.07, 6.45) is 1.48. The Balaban J connectivity index is 2.39. The van der Waals surface area contributed by atoms with Gasteiger partial charge in [-0.15, -0.1) is 0 Å². The van der Waals surface area contributed by atoms with E-state index >= 15 is 0 Å². The number of aromatic nitrogens is 2. The van der Waals surface area contributed by atoms with Gasteiger partial charge < -0.3 is 9.64 Å². The highest BCUT2D eigenvalue weighted by atomic mass is 79.9. The predicted octanol–water partition coefficient (Wildman–Crippen LogP) is 2.51. The quantitative estimate of drug-likeness (QED) is 0.747. The maximum Gasteiger partial charge on any atom is 0.148 e. The highest BCUT2D eigenvalue weighted by Crippen LogP contribution is 2.34. The van der Waals surface area contributed by atoms with E-state index in [1.165, 1.54) is 6.33 Å². The van der Waals surface area contributed by atoms with Crippen LogP contribution in [0.15, 0.2) is 10.8 Å². The van der Waals surface area contributed by atoms with Crippen molar-refractivity contribution < 1.29 is 4.74 Å². The Bertz CT molecular complexity index is 400. The van der Waals surface area contributed by atoms with Crippen molar-refractivity contribution in [2.45, 2.75) is 19.4 Å². The Morgan fingerprint density at radius 2 is 2.25 bits per heavy atom. The Morgan fingerprint density at radius 3 is 2.94 bits per heavy atom. The summed E-state index contributed by atoms with van der Waals surface area (Å²) >= 11 is 9.40. The molecule has 0 bridgehead atoms. The minimum atomic E-state index is -0.0849. The molecule has 16 heavy (non-hydrogen) atoms. The lowest BCUT2D eigenvalue weighted by molar-refractivity contribution is 0.0638. The molecule has 0 unspecified atom stereocenters. The van der Waals surface area contributed by atoms with Crippen LogP contribution in [0, 0.1) is 0 Å². The van der Waals surface area contributed by atoms with E-state index in [4.69, 9.17) is 16.3 Å². The van der Waals surface area contributed by atoms with Crippen molar-refractivity contribution in [3.63, 3.8) is 0 Å². The number of ether oxygens (including phenoxy) is 1. The molecule has 0 saturated carbocycles. The fourth-order valence-electron chi connectivity index (χ4n) is 1.78. The molecule has 1 aromatic rings. The molecule has 1 aromatic heterocycles. The Hall–Kier alpha value is -0.390. The molecule has 0 N–H and O–H groups in total. The minimum Gasteiger partial charge on any atom is -0.377 e. The Labute approximate surface area is 108 Å². The molecule has 1 fully saturated rings. The topological polar surface area (TPSA) is 38.2 Å². The van der Waals surface area contributed by atoms with Crippen LogP contribution in [0.3, 0.4) is 0 Å². The summed E-state index contributed by atoms with van der Waals surface area (Å²) in [6.45, 7) is 6.43. The minimum absolute atomic E-state index is 0.0849. The van der Waals surface area contributed by atoms with Gasteiger partial charge in [-0.1, -0.05) is 11.6 Å². The van der Waals surface area contributed by atoms with Crippen LogP contribution in [-0.4, -0.2) is 35.3 Å². The molecule has 4 nitrogen and oxygen atoms in total. The van der Waals surface area contributed by atoms with Gasteiger partial charge in [0.05, 0.1) is 23.2 Å². The fraction of sp³-hybridized carbons (Fsp3) is 0.600. The molecule has 6 heteroatoms. The average molecular weight is 307 g/mol. The lowest BCUT2D eigenvalue weighted by atomic mass is 10.0. The number of morpholine rings is 1. The van der Waals surface area contributed by atoms with Crippen molar-refractivity contribution in [1.29, 1.82) is 0 Å². The van der Waals surface area contributed by atoms with E-state index in [2.05, 4.69) is 44.6 Å². The Kier molecular flexibility index (Phi) is 3.37. The molecular weight excluding hydrogens is 293 g/mol. The third-order valence-electron chi connectivity index (χ3n) is 2.63. The fourth-order valence-corrected chi connectivity index (χ4v) is 2.33. The highest BCUT2D eigenvalue weighted by Gasteiger charge is 2.33. The van der Waals surface area contributed by atoms with Crippen LogP contribution in [0.2, 0.25) is 5.15 Å². The average Bonchev–Trinajstić information content (AvgIpc) is 2.22. The van der Waals surface area contributed by atoms with Crippen molar-refractivity contribution in [3.8, 4) is 0 Å². The first-order chi connectivity index (χ1) is 7.52. The van der Waals surface area contributed by atoms with E-state index in [9.17, 15) is 0 Å². The summed E-state index contributed by atoms with van der Waals surface area (Å²) in [5.74, 6) is 0.827. The summed E-state index contributed by atoms with van der Waals surface area (Å²) in [6, 6.07) is 0. The zero-order chi connectivity index (χ0) is 11.8. The van der Waals surface area contributed by atoms with E-state index in [-0.39, 0.29) is 5.54 Å². The lowest BCUT2D eigenvalue weighted by Gasteiger charge is -2.43. The molecule has 0 aliphatic carbocycles. The molecule has 2 heterocycles. The van der Waals surface area contributed by atoms with Crippen LogP contribution in [0.5, 0.6) is 0 Å². The van der Waals surface area contributed by atoms with E-state index in [0.29, 0.717) is 18.4 Å². The zero-order valence-electron chi connectivity index (χ0n) is 9.20. The van der Waals surface area contributed by atoms with Gasteiger partial charge in [-0.25, -0.2) is 9.97 Å². The number of hydrogen-bond donors (Lipinski definition) is 0. The van der Waals surface area contributed by atoms with Crippen LogP contribution in [-0.2, 0) is 4.74 Å². The second-order valence-electron chi connectivity index (χ2n) is 4.32. The monoisotopic (exact) mass is 305 g/mol. The number of rotatable bonds is 1. The van der Waals surface area contributed by atoms with Gasteiger partial charge in [-0.3, -0.25) is 0 Å². The number of hydrogen-bond acceptors (Lipinski definition) is 4. The van der Waals surface area contributed by atoms with E-state index in [1.54, 1.807) is 0 Å². The van der Waals surface area contributed by atoms with Gasteiger partial charge in [-0.05, 0) is 29.8 Å². The molecule has 2 rings (SSSR count). The molecule has 0 spiro atoms. The van der Waals surface area contributed by atoms with Crippen LogP contribution < -0.4 is 4.90 Å². The van der Waals surface area contributed by atoms with Gasteiger partial charge in [0.15, 0.2) is 0 Å². The standard InChI is InChI=1S/C10H13BrClN3O/c1-10(2)5-16-4-3-15(10)9-7(11)8(12)13-6-14-9/h6H,3-5H2,1-2H3. The van der Waals surface area contributed by atoms with Crippen LogP contribution in [0.25, 0.3) is 0 Å². The van der Waals surface area contributed by atoms with Gasteiger partial charge in [0, 0.05) is 6.54 Å². The first-order valence-corrected chi connectivity index (χ1v) is 6.21. The summed E-state index contributed by atoms with van der Waals surface area (Å²) in [5.41, 5.74) is -0.0849. The molecular formula is C10H13BrClN3O. The smallest absolute Gasteiger partial charge is 0.148 e. The Morgan fingerprint density at radius 1 is 1.50 bits per heavy atom. The molecule has 0 atom stereocenters. The third kappa shape index (κ3) is 2.17. The molecule has 1 aliphatic heterocycles. The summed E-state index contributed by atoms with van der Waals surface area (Å²) in [7, 11) is 0. The number of nitrogens with zero attached hydrogens (tertiary/aromatic N) is 3. The first kappa shape index (κ1) is 12.1. The second-order valence-corrected chi connectivity index (χ2v) is 5.47. The van der Waals surface area contributed by atoms with Crippen molar-refractivity contribution in [3.05, 3.63) is 16.0 Å². The van der Waals surface area contributed by atoms with Gasteiger partial charge in [0.2, 0.25) is 0 Å². The summed E-state index contributed by atoms with van der Waals surface area (Å²) in [4.78, 5) is 10.4. The molecule has 1 saturated heterocycles. The van der Waals surface area contributed by atoms with Crippen LogP contribution in [0.4, 0.5) is 5.82 Å². The van der Waals surface area contributed by atoms with Crippen molar-refractivity contribution in [1.82, 2.24) is 9.97 Å². The molecule has 0 aromatic carbocycles. The predicted molar refractivity (Wildman–Crippen MR) is 67.0 cm³/mol. The molecule has 1 aliphatic rings. The zero-order valence-corrected chi connectivity index (χ0v) is 11.5. The van der Waals surface area contributed by atoms with E-state index < -0.39 is 0 Å². The van der Waals surface area contributed by atoms with Crippen molar-refractivity contribution >= 4 is 33.3 Å². The maximum absolute atomic E-state index is 5.97. The van der Waals surface area contributed by atoms with E-state index in [1.807, 2.05) is 0 Å². The van der Waals surface area contributed by atoms with Crippen LogP contribution in [0.1, 0.15) is 13.8 Å². The van der Waals surface area contributed by atoms with Crippen LogP contribution >= 0.6 is 27.5 Å². The SMILES string of the molecule is CC1(C)COCCN1c1ncnc(Cl)c1Br. The number of halogens is 2. The largest absolute Gasteiger partial charge is 0.377 e. The van der Waals surface area contributed by atoms with Gasteiger partial charge >= 0.3 is 0 Å². The molecule has 0 amide bonds. The summed E-state index contributed by atoms with van der Waals surface area (Å²) < 4.78 is 6.22. The number of anilines is 1. The molecule has 0 radical (unpaired) electrons. The normalized spacial score (nSPS) is 19.9.